The fourth-order valence-electron chi connectivity index (χ4n) is 1.46. The first-order valence-electron chi connectivity index (χ1n) is 4.39. The lowest BCUT2D eigenvalue weighted by Gasteiger charge is -2.11. The first-order valence-corrected chi connectivity index (χ1v) is 4.39. The average molecular weight is 218 g/mol. The van der Waals surface area contributed by atoms with Crippen molar-refractivity contribution < 1.29 is 9.13 Å². The van der Waals surface area contributed by atoms with Crippen molar-refractivity contribution in [2.75, 3.05) is 6.61 Å². The number of ether oxygens (including phenoxy) is 1. The first kappa shape index (κ1) is 11.4. The second-order valence-electron chi connectivity index (χ2n) is 3.30. The van der Waals surface area contributed by atoms with E-state index in [-0.39, 0.29) is 24.5 Å². The Morgan fingerprint density at radius 2 is 2.14 bits per heavy atom. The monoisotopic (exact) mass is 217 g/mol. The smallest absolute Gasteiger partial charge is 0.137 e. The van der Waals surface area contributed by atoms with Crippen molar-refractivity contribution in [3.8, 4) is 0 Å². The Hall–Kier alpha value is -0.640. The van der Waals surface area contributed by atoms with Gasteiger partial charge in [-0.2, -0.15) is 0 Å². The van der Waals surface area contributed by atoms with Gasteiger partial charge in [-0.25, -0.2) is 4.39 Å². The number of nitrogens with one attached hydrogen (secondary N) is 1. The molecule has 0 radical (unpaired) electrons. The van der Waals surface area contributed by atoms with Gasteiger partial charge in [0, 0.05) is 11.6 Å². The van der Waals surface area contributed by atoms with Crippen LogP contribution in [0, 0.1) is 5.82 Å². The molecule has 1 aliphatic heterocycles. The van der Waals surface area contributed by atoms with Crippen LogP contribution in [0.15, 0.2) is 24.3 Å². The van der Waals surface area contributed by atoms with Crippen molar-refractivity contribution in [2.45, 2.75) is 19.2 Å². The van der Waals surface area contributed by atoms with Crippen molar-refractivity contribution in [1.82, 2.24) is 5.32 Å². The van der Waals surface area contributed by atoms with Crippen LogP contribution in [0.2, 0.25) is 0 Å². The van der Waals surface area contributed by atoms with Crippen molar-refractivity contribution in [1.29, 1.82) is 0 Å². The molecule has 2 unspecified atom stereocenters. The molecule has 0 saturated carbocycles. The molecule has 2 nitrogen and oxygen atoms in total. The van der Waals surface area contributed by atoms with E-state index in [2.05, 4.69) is 5.32 Å². The Labute approximate surface area is 88.9 Å². The number of benzene rings is 1. The molecule has 2 atom stereocenters. The van der Waals surface area contributed by atoms with Crippen LogP contribution < -0.4 is 5.32 Å². The fraction of sp³-hybridized carbons (Fsp3) is 0.400. The molecular weight excluding hydrogens is 205 g/mol. The molecule has 1 N–H and O–H groups in total. The molecule has 1 aromatic rings. The predicted octanol–water partition coefficient (Wildman–Crippen LogP) is 2.25. The highest BCUT2D eigenvalue weighted by Crippen LogP contribution is 2.22. The summed E-state index contributed by atoms with van der Waals surface area (Å²) in [5, 5.41) is 3.15. The zero-order valence-corrected chi connectivity index (χ0v) is 8.68. The quantitative estimate of drug-likeness (QED) is 0.779. The van der Waals surface area contributed by atoms with Crippen LogP contribution in [0.3, 0.4) is 0 Å². The Balaban J connectivity index is 0.000000980. The van der Waals surface area contributed by atoms with E-state index in [9.17, 15) is 4.39 Å². The minimum Gasteiger partial charge on any atom is -0.357 e. The van der Waals surface area contributed by atoms with Gasteiger partial charge in [-0.05, 0) is 13.0 Å². The average Bonchev–Trinajstić information content (AvgIpc) is 2.53. The van der Waals surface area contributed by atoms with Crippen LogP contribution in [0.1, 0.15) is 18.7 Å². The lowest BCUT2D eigenvalue weighted by molar-refractivity contribution is 0.0979. The second-order valence-corrected chi connectivity index (χ2v) is 3.30. The van der Waals surface area contributed by atoms with Crippen LogP contribution in [0.25, 0.3) is 0 Å². The van der Waals surface area contributed by atoms with E-state index in [4.69, 9.17) is 4.74 Å². The number of hydrogen-bond donors (Lipinski definition) is 1. The van der Waals surface area contributed by atoms with Gasteiger partial charge in [0.25, 0.3) is 0 Å². The fourth-order valence-corrected chi connectivity index (χ4v) is 1.46. The minimum atomic E-state index is -0.281. The van der Waals surface area contributed by atoms with Crippen LogP contribution in [-0.4, -0.2) is 12.6 Å². The van der Waals surface area contributed by atoms with E-state index >= 15 is 0 Å². The van der Waals surface area contributed by atoms with Gasteiger partial charge in [-0.1, -0.05) is 18.2 Å². The summed E-state index contributed by atoms with van der Waals surface area (Å²) in [5.41, 5.74) is 0.590. The van der Waals surface area contributed by atoms with Crippen LogP contribution in [0.5, 0.6) is 0 Å². The molecule has 1 aliphatic rings. The van der Waals surface area contributed by atoms with Gasteiger partial charge in [-0.3, -0.25) is 5.32 Å². The molecule has 2 rings (SSSR count). The molecule has 0 amide bonds. The third-order valence-electron chi connectivity index (χ3n) is 2.14. The molecule has 78 valence electrons. The van der Waals surface area contributed by atoms with Crippen LogP contribution in [0.4, 0.5) is 4.39 Å². The molecule has 0 aliphatic carbocycles. The van der Waals surface area contributed by atoms with Gasteiger partial charge in [-0.15, -0.1) is 12.4 Å². The Morgan fingerprint density at radius 3 is 2.71 bits per heavy atom. The highest BCUT2D eigenvalue weighted by atomic mass is 35.5. The van der Waals surface area contributed by atoms with Crippen molar-refractivity contribution in [3.63, 3.8) is 0 Å². The summed E-state index contributed by atoms with van der Waals surface area (Å²) in [5.74, 6) is -0.214. The molecule has 4 heteroatoms. The summed E-state index contributed by atoms with van der Waals surface area (Å²) in [6.45, 7) is 2.65. The van der Waals surface area contributed by atoms with E-state index in [0.29, 0.717) is 18.2 Å². The third kappa shape index (κ3) is 2.23. The normalized spacial score (nSPS) is 25.9. The maximum atomic E-state index is 13.2. The van der Waals surface area contributed by atoms with E-state index in [1.165, 1.54) is 6.07 Å². The molecule has 1 aromatic carbocycles. The van der Waals surface area contributed by atoms with Gasteiger partial charge in [0.2, 0.25) is 0 Å². The van der Waals surface area contributed by atoms with E-state index < -0.39 is 0 Å². The molecular formula is C10H13ClFNO. The predicted molar refractivity (Wildman–Crippen MR) is 54.9 cm³/mol. The number of hydrogen-bond acceptors (Lipinski definition) is 2. The van der Waals surface area contributed by atoms with E-state index in [1.807, 2.05) is 13.0 Å². The lowest BCUT2D eigenvalue weighted by atomic mass is 10.2. The molecule has 1 heterocycles. The van der Waals surface area contributed by atoms with Crippen molar-refractivity contribution in [2.24, 2.45) is 0 Å². The summed E-state index contributed by atoms with van der Waals surface area (Å²) in [4.78, 5) is 0. The summed E-state index contributed by atoms with van der Waals surface area (Å²) in [6.07, 6.45) is -0.281. The summed E-state index contributed by atoms with van der Waals surface area (Å²) in [7, 11) is 0. The highest BCUT2D eigenvalue weighted by molar-refractivity contribution is 5.85. The topological polar surface area (TPSA) is 21.3 Å². The van der Waals surface area contributed by atoms with Gasteiger partial charge in [0.15, 0.2) is 0 Å². The molecule has 1 saturated heterocycles. The van der Waals surface area contributed by atoms with Gasteiger partial charge < -0.3 is 4.74 Å². The largest absolute Gasteiger partial charge is 0.357 e. The molecule has 0 aromatic heterocycles. The highest BCUT2D eigenvalue weighted by Gasteiger charge is 2.24. The summed E-state index contributed by atoms with van der Waals surface area (Å²) in [6, 6.07) is 6.97. The molecule has 1 fully saturated rings. The molecule has 0 bridgehead atoms. The van der Waals surface area contributed by atoms with Crippen molar-refractivity contribution >= 4 is 12.4 Å². The summed E-state index contributed by atoms with van der Waals surface area (Å²) >= 11 is 0. The van der Waals surface area contributed by atoms with Gasteiger partial charge in [0.1, 0.15) is 12.0 Å². The Morgan fingerprint density at radius 1 is 1.43 bits per heavy atom. The number of rotatable bonds is 1. The molecule has 14 heavy (non-hydrogen) atoms. The minimum absolute atomic E-state index is 0. The van der Waals surface area contributed by atoms with Gasteiger partial charge >= 0.3 is 0 Å². The zero-order chi connectivity index (χ0) is 9.26. The zero-order valence-electron chi connectivity index (χ0n) is 7.87. The van der Waals surface area contributed by atoms with Crippen LogP contribution >= 0.6 is 12.4 Å². The SMILES string of the molecule is CC1COC(c2ccccc2F)N1.Cl. The molecule has 0 spiro atoms. The van der Waals surface area contributed by atoms with Gasteiger partial charge in [0.05, 0.1) is 6.61 Å². The third-order valence-corrected chi connectivity index (χ3v) is 2.14. The van der Waals surface area contributed by atoms with E-state index in [0.717, 1.165) is 0 Å². The Bertz CT molecular complexity index is 308. The second kappa shape index (κ2) is 4.73. The standard InChI is InChI=1S/C10H12FNO.ClH/c1-7-6-13-10(12-7)8-4-2-3-5-9(8)11;/h2-5,7,10,12H,6H2,1H3;1H. The summed E-state index contributed by atoms with van der Waals surface area (Å²) < 4.78 is 18.6. The lowest BCUT2D eigenvalue weighted by Crippen LogP contribution is -2.22. The van der Waals surface area contributed by atoms with E-state index in [1.54, 1.807) is 12.1 Å². The number of halogens is 2. The first-order chi connectivity index (χ1) is 6.27. The van der Waals surface area contributed by atoms with Crippen LogP contribution in [-0.2, 0) is 4.74 Å². The van der Waals surface area contributed by atoms with Crippen molar-refractivity contribution in [3.05, 3.63) is 35.6 Å². The maximum absolute atomic E-state index is 13.2. The Kier molecular flexibility index (Phi) is 3.86. The maximum Gasteiger partial charge on any atom is 0.137 e.